The van der Waals surface area contributed by atoms with Gasteiger partial charge in [-0.3, -0.25) is 0 Å². The van der Waals surface area contributed by atoms with Crippen LogP contribution in [0.3, 0.4) is 0 Å². The van der Waals surface area contributed by atoms with Gasteiger partial charge < -0.3 is 10.1 Å². The SMILES string of the molecule is CCOC(=O)C1(Nc2cccc(Cl)c2)CC(C)CC(C)C1. The number of nitrogens with one attached hydrogen (secondary N) is 1. The van der Waals surface area contributed by atoms with Gasteiger partial charge in [0.1, 0.15) is 5.54 Å². The Kier molecular flexibility index (Phi) is 5.15. The third-order valence-electron chi connectivity index (χ3n) is 4.07. The summed E-state index contributed by atoms with van der Waals surface area (Å²) in [6, 6.07) is 7.51. The summed E-state index contributed by atoms with van der Waals surface area (Å²) in [5, 5.41) is 4.08. The lowest BCUT2D eigenvalue weighted by atomic mass is 9.71. The van der Waals surface area contributed by atoms with Crippen molar-refractivity contribution in [1.82, 2.24) is 0 Å². The van der Waals surface area contributed by atoms with E-state index < -0.39 is 5.54 Å². The molecule has 1 fully saturated rings. The van der Waals surface area contributed by atoms with E-state index >= 15 is 0 Å². The molecule has 3 nitrogen and oxygen atoms in total. The molecule has 2 atom stereocenters. The van der Waals surface area contributed by atoms with Gasteiger partial charge in [-0.15, -0.1) is 0 Å². The molecule has 1 aromatic carbocycles. The molecule has 1 saturated carbocycles. The first-order valence-corrected chi connectivity index (χ1v) is 8.04. The van der Waals surface area contributed by atoms with Crippen molar-refractivity contribution in [2.24, 2.45) is 11.8 Å². The number of ether oxygens (including phenoxy) is 1. The minimum Gasteiger partial charge on any atom is -0.464 e. The minimum absolute atomic E-state index is 0.150. The molecule has 0 amide bonds. The van der Waals surface area contributed by atoms with Crippen molar-refractivity contribution in [3.05, 3.63) is 29.3 Å². The van der Waals surface area contributed by atoms with Gasteiger partial charge in [0.2, 0.25) is 0 Å². The molecule has 1 aromatic rings. The van der Waals surface area contributed by atoms with Crippen LogP contribution in [0.15, 0.2) is 24.3 Å². The zero-order chi connectivity index (χ0) is 15.5. The van der Waals surface area contributed by atoms with Crippen LogP contribution in [0.5, 0.6) is 0 Å². The lowest BCUT2D eigenvalue weighted by Crippen LogP contribution is -2.52. The lowest BCUT2D eigenvalue weighted by Gasteiger charge is -2.42. The van der Waals surface area contributed by atoms with Crippen LogP contribution in [-0.2, 0) is 9.53 Å². The molecule has 21 heavy (non-hydrogen) atoms. The summed E-state index contributed by atoms with van der Waals surface area (Å²) >= 11 is 6.05. The lowest BCUT2D eigenvalue weighted by molar-refractivity contribution is -0.151. The van der Waals surface area contributed by atoms with Crippen LogP contribution in [0.2, 0.25) is 5.02 Å². The van der Waals surface area contributed by atoms with E-state index in [1.807, 2.05) is 31.2 Å². The predicted octanol–water partition coefficient (Wildman–Crippen LogP) is 4.51. The molecular weight excluding hydrogens is 286 g/mol. The predicted molar refractivity (Wildman–Crippen MR) is 86.6 cm³/mol. The number of hydrogen-bond donors (Lipinski definition) is 1. The first kappa shape index (κ1) is 16.2. The van der Waals surface area contributed by atoms with Gasteiger partial charge in [0, 0.05) is 10.7 Å². The molecule has 2 unspecified atom stereocenters. The molecule has 4 heteroatoms. The molecule has 0 spiro atoms. The number of carbonyl (C=O) groups excluding carboxylic acids is 1. The van der Waals surface area contributed by atoms with Gasteiger partial charge in [-0.05, 0) is 56.2 Å². The van der Waals surface area contributed by atoms with Crippen molar-refractivity contribution < 1.29 is 9.53 Å². The Morgan fingerprint density at radius 2 is 2.05 bits per heavy atom. The Morgan fingerprint density at radius 1 is 1.38 bits per heavy atom. The zero-order valence-electron chi connectivity index (χ0n) is 13.0. The Morgan fingerprint density at radius 3 is 2.62 bits per heavy atom. The van der Waals surface area contributed by atoms with Crippen LogP contribution in [0.25, 0.3) is 0 Å². The van der Waals surface area contributed by atoms with E-state index in [4.69, 9.17) is 16.3 Å². The molecular formula is C17H24ClNO2. The average Bonchev–Trinajstić information content (AvgIpc) is 2.37. The molecule has 116 valence electrons. The number of hydrogen-bond acceptors (Lipinski definition) is 3. The molecule has 0 bridgehead atoms. The molecule has 1 aliphatic rings. The van der Waals surface area contributed by atoms with E-state index in [0.29, 0.717) is 23.5 Å². The number of carbonyl (C=O) groups is 1. The van der Waals surface area contributed by atoms with Crippen molar-refractivity contribution in [3.8, 4) is 0 Å². The molecule has 0 saturated heterocycles. The fourth-order valence-electron chi connectivity index (χ4n) is 3.56. The maximum atomic E-state index is 12.6. The summed E-state index contributed by atoms with van der Waals surface area (Å²) in [4.78, 5) is 12.6. The highest BCUT2D eigenvalue weighted by molar-refractivity contribution is 6.30. The van der Waals surface area contributed by atoms with Gasteiger partial charge in [-0.1, -0.05) is 31.5 Å². The number of halogens is 1. The molecule has 2 rings (SSSR count). The minimum atomic E-state index is -0.641. The second-order valence-electron chi connectivity index (χ2n) is 6.29. The van der Waals surface area contributed by atoms with Crippen molar-refractivity contribution >= 4 is 23.3 Å². The molecule has 0 aliphatic heterocycles. The normalized spacial score (nSPS) is 29.0. The Bertz CT molecular complexity index is 493. The quantitative estimate of drug-likeness (QED) is 0.832. The van der Waals surface area contributed by atoms with Crippen molar-refractivity contribution in [3.63, 3.8) is 0 Å². The smallest absolute Gasteiger partial charge is 0.331 e. The summed E-state index contributed by atoms with van der Waals surface area (Å²) in [6.07, 6.45) is 2.74. The van der Waals surface area contributed by atoms with Crippen molar-refractivity contribution in [2.75, 3.05) is 11.9 Å². The first-order chi connectivity index (χ1) is 9.95. The number of esters is 1. The van der Waals surface area contributed by atoms with E-state index in [0.717, 1.165) is 24.9 Å². The van der Waals surface area contributed by atoms with E-state index in [-0.39, 0.29) is 5.97 Å². The zero-order valence-corrected chi connectivity index (χ0v) is 13.7. The summed E-state index contributed by atoms with van der Waals surface area (Å²) in [5.74, 6) is 0.832. The van der Waals surface area contributed by atoms with E-state index in [2.05, 4.69) is 19.2 Å². The van der Waals surface area contributed by atoms with Gasteiger partial charge in [-0.2, -0.15) is 0 Å². The molecule has 1 N–H and O–H groups in total. The Hall–Kier alpha value is -1.22. The van der Waals surface area contributed by atoms with Gasteiger partial charge in [0.25, 0.3) is 0 Å². The highest BCUT2D eigenvalue weighted by Crippen LogP contribution is 2.39. The fraction of sp³-hybridized carbons (Fsp3) is 0.588. The van der Waals surface area contributed by atoms with Crippen LogP contribution < -0.4 is 5.32 Å². The van der Waals surface area contributed by atoms with E-state index in [1.165, 1.54) is 0 Å². The van der Waals surface area contributed by atoms with Gasteiger partial charge in [0.15, 0.2) is 0 Å². The van der Waals surface area contributed by atoms with Gasteiger partial charge in [0.05, 0.1) is 6.61 Å². The average molecular weight is 310 g/mol. The summed E-state index contributed by atoms with van der Waals surface area (Å²) < 4.78 is 5.35. The van der Waals surface area contributed by atoms with Crippen LogP contribution in [-0.4, -0.2) is 18.1 Å². The summed E-state index contributed by atoms with van der Waals surface area (Å²) in [7, 11) is 0. The van der Waals surface area contributed by atoms with Gasteiger partial charge >= 0.3 is 5.97 Å². The second-order valence-corrected chi connectivity index (χ2v) is 6.73. The fourth-order valence-corrected chi connectivity index (χ4v) is 3.75. The second kappa shape index (κ2) is 6.69. The standard InChI is InChI=1S/C17H24ClNO2/c1-4-21-16(20)17(10-12(2)8-13(3)11-17)19-15-7-5-6-14(18)9-15/h5-7,9,12-13,19H,4,8,10-11H2,1-3H3. The van der Waals surface area contributed by atoms with Gasteiger partial charge in [-0.25, -0.2) is 4.79 Å². The largest absolute Gasteiger partial charge is 0.464 e. The van der Waals surface area contributed by atoms with Crippen LogP contribution >= 0.6 is 11.6 Å². The highest BCUT2D eigenvalue weighted by atomic mass is 35.5. The highest BCUT2D eigenvalue weighted by Gasteiger charge is 2.45. The third-order valence-corrected chi connectivity index (χ3v) is 4.31. The van der Waals surface area contributed by atoms with E-state index in [9.17, 15) is 4.79 Å². The van der Waals surface area contributed by atoms with Crippen molar-refractivity contribution in [1.29, 1.82) is 0 Å². The maximum absolute atomic E-state index is 12.6. The molecule has 1 aliphatic carbocycles. The van der Waals surface area contributed by atoms with E-state index in [1.54, 1.807) is 0 Å². The summed E-state index contributed by atoms with van der Waals surface area (Å²) in [6.45, 7) is 6.65. The molecule has 0 radical (unpaired) electrons. The topological polar surface area (TPSA) is 38.3 Å². The van der Waals surface area contributed by atoms with Crippen LogP contribution in [0.1, 0.15) is 40.0 Å². The Balaban J connectivity index is 2.29. The van der Waals surface area contributed by atoms with Crippen LogP contribution in [0.4, 0.5) is 5.69 Å². The first-order valence-electron chi connectivity index (χ1n) is 7.66. The molecule has 0 aromatic heterocycles. The summed E-state index contributed by atoms with van der Waals surface area (Å²) in [5.41, 5.74) is 0.231. The monoisotopic (exact) mass is 309 g/mol. The maximum Gasteiger partial charge on any atom is 0.331 e. The number of benzene rings is 1. The Labute approximate surface area is 132 Å². The molecule has 0 heterocycles. The number of anilines is 1. The van der Waals surface area contributed by atoms with Crippen LogP contribution in [0, 0.1) is 11.8 Å². The third kappa shape index (κ3) is 3.91. The van der Waals surface area contributed by atoms with Crippen molar-refractivity contribution in [2.45, 2.75) is 45.6 Å². The number of rotatable bonds is 4.